The van der Waals surface area contributed by atoms with E-state index in [4.69, 9.17) is 17.3 Å². The van der Waals surface area contributed by atoms with Crippen molar-refractivity contribution in [2.45, 2.75) is 0 Å². The number of hydrogen-bond donors (Lipinski definition) is 1. The van der Waals surface area contributed by atoms with Gasteiger partial charge in [0, 0.05) is 10.7 Å². The van der Waals surface area contributed by atoms with E-state index in [0.717, 1.165) is 15.8 Å². The predicted octanol–water partition coefficient (Wildman–Crippen LogP) is 2.79. The van der Waals surface area contributed by atoms with Crippen LogP contribution in [0.15, 0.2) is 35.2 Å². The number of halogens is 2. The first-order valence-electron chi connectivity index (χ1n) is 5.06. The maximum atomic E-state index is 6.09. The van der Waals surface area contributed by atoms with Crippen LogP contribution in [0.5, 0.6) is 0 Å². The molecule has 0 aromatic carbocycles. The van der Waals surface area contributed by atoms with Crippen molar-refractivity contribution >= 4 is 39.1 Å². The Balaban J connectivity index is 2.31. The predicted molar refractivity (Wildman–Crippen MR) is 73.3 cm³/mol. The van der Waals surface area contributed by atoms with Crippen molar-refractivity contribution in [2.75, 3.05) is 5.73 Å². The van der Waals surface area contributed by atoms with E-state index >= 15 is 0 Å². The Morgan fingerprint density at radius 2 is 2.06 bits per heavy atom. The van der Waals surface area contributed by atoms with Crippen LogP contribution in [0.1, 0.15) is 0 Å². The molecule has 5 nitrogen and oxygen atoms in total. The molecule has 3 heterocycles. The number of anilines is 1. The number of hydrogen-bond acceptors (Lipinski definition) is 4. The summed E-state index contributed by atoms with van der Waals surface area (Å²) in [6.07, 6.45) is 5.08. The number of nitrogen functional groups attached to an aromatic ring is 1. The topological polar surface area (TPSA) is 69.1 Å². The second-order valence-electron chi connectivity index (χ2n) is 3.64. The van der Waals surface area contributed by atoms with E-state index in [2.05, 4.69) is 30.9 Å². The molecule has 0 spiro atoms. The van der Waals surface area contributed by atoms with E-state index in [1.807, 2.05) is 22.7 Å². The van der Waals surface area contributed by atoms with Crippen molar-refractivity contribution in [3.8, 4) is 11.4 Å². The van der Waals surface area contributed by atoms with Gasteiger partial charge in [0.2, 0.25) is 5.95 Å². The van der Waals surface area contributed by atoms with Crippen LogP contribution < -0.4 is 5.73 Å². The van der Waals surface area contributed by atoms with Gasteiger partial charge in [0.1, 0.15) is 11.3 Å². The molecule has 0 fully saturated rings. The Bertz CT molecular complexity index is 739. The van der Waals surface area contributed by atoms with Crippen LogP contribution >= 0.6 is 27.5 Å². The van der Waals surface area contributed by atoms with E-state index in [9.17, 15) is 0 Å². The number of rotatable bonds is 1. The zero-order chi connectivity index (χ0) is 12.7. The summed E-state index contributed by atoms with van der Waals surface area (Å²) in [5.41, 5.74) is 7.73. The second-order valence-corrected chi connectivity index (χ2v) is 4.97. The molecule has 3 rings (SSSR count). The van der Waals surface area contributed by atoms with Crippen molar-refractivity contribution in [3.05, 3.63) is 40.2 Å². The number of imidazole rings is 1. The number of fused-ring (bicyclic) bond motifs is 1. The van der Waals surface area contributed by atoms with Gasteiger partial charge in [-0.3, -0.25) is 4.40 Å². The fraction of sp³-hybridized carbons (Fsp3) is 0. The molecule has 0 aliphatic carbocycles. The largest absolute Gasteiger partial charge is 0.368 e. The molecule has 0 bridgehead atoms. The molecule has 0 aliphatic heterocycles. The van der Waals surface area contributed by atoms with Crippen LogP contribution in [0.2, 0.25) is 5.02 Å². The number of nitrogens with two attached hydrogens (primary N) is 1. The monoisotopic (exact) mass is 323 g/mol. The SMILES string of the molecule is Nc1ncc(Cl)c(-c2cnc3ccc(Br)cn23)n1. The third-order valence-electron chi connectivity index (χ3n) is 2.47. The lowest BCUT2D eigenvalue weighted by atomic mass is 10.3. The zero-order valence-electron chi connectivity index (χ0n) is 9.01. The Morgan fingerprint density at radius 3 is 2.89 bits per heavy atom. The summed E-state index contributed by atoms with van der Waals surface area (Å²) in [7, 11) is 0. The minimum atomic E-state index is 0.180. The summed E-state index contributed by atoms with van der Waals surface area (Å²) in [5, 5.41) is 0.436. The Morgan fingerprint density at radius 1 is 1.22 bits per heavy atom. The molecule has 0 saturated heterocycles. The maximum Gasteiger partial charge on any atom is 0.220 e. The van der Waals surface area contributed by atoms with Gasteiger partial charge >= 0.3 is 0 Å². The summed E-state index contributed by atoms with van der Waals surface area (Å²) in [5.74, 6) is 0.180. The lowest BCUT2D eigenvalue weighted by molar-refractivity contribution is 1.13. The lowest BCUT2D eigenvalue weighted by Gasteiger charge is -2.04. The molecular weight excluding hydrogens is 318 g/mol. The third-order valence-corrected chi connectivity index (χ3v) is 3.22. The first-order chi connectivity index (χ1) is 8.65. The number of pyridine rings is 1. The molecule has 0 saturated carbocycles. The minimum Gasteiger partial charge on any atom is -0.368 e. The van der Waals surface area contributed by atoms with Crippen LogP contribution in [0, 0.1) is 0 Å². The highest BCUT2D eigenvalue weighted by Gasteiger charge is 2.12. The minimum absolute atomic E-state index is 0.180. The van der Waals surface area contributed by atoms with E-state index in [0.29, 0.717) is 10.7 Å². The molecule has 90 valence electrons. The van der Waals surface area contributed by atoms with Crippen LogP contribution in [0.3, 0.4) is 0 Å². The highest BCUT2D eigenvalue weighted by atomic mass is 79.9. The van der Waals surface area contributed by atoms with Crippen LogP contribution in [0.4, 0.5) is 5.95 Å². The fourth-order valence-electron chi connectivity index (χ4n) is 1.69. The van der Waals surface area contributed by atoms with Gasteiger partial charge in [-0.2, -0.15) is 0 Å². The number of nitrogens with zero attached hydrogens (tertiary/aromatic N) is 4. The summed E-state index contributed by atoms with van der Waals surface area (Å²) < 4.78 is 2.82. The standard InChI is InChI=1S/C11H7BrClN5/c12-6-1-2-9-15-4-8(18(9)5-6)10-7(13)3-16-11(14)17-10/h1-5H,(H2,14,16,17). The average molecular weight is 325 g/mol. The van der Waals surface area contributed by atoms with Gasteiger partial charge in [-0.1, -0.05) is 11.6 Å². The maximum absolute atomic E-state index is 6.09. The van der Waals surface area contributed by atoms with Gasteiger partial charge < -0.3 is 5.73 Å². The molecule has 0 amide bonds. The van der Waals surface area contributed by atoms with Crippen LogP contribution in [-0.4, -0.2) is 19.4 Å². The molecule has 3 aromatic rings. The van der Waals surface area contributed by atoms with Crippen molar-refractivity contribution in [2.24, 2.45) is 0 Å². The van der Waals surface area contributed by atoms with Crippen LogP contribution in [0.25, 0.3) is 17.0 Å². The summed E-state index contributed by atoms with van der Waals surface area (Å²) in [6, 6.07) is 3.81. The summed E-state index contributed by atoms with van der Waals surface area (Å²) >= 11 is 9.51. The van der Waals surface area contributed by atoms with Crippen LogP contribution in [-0.2, 0) is 0 Å². The van der Waals surface area contributed by atoms with E-state index < -0.39 is 0 Å². The Hall–Kier alpha value is -1.66. The molecule has 0 radical (unpaired) electrons. The van der Waals surface area contributed by atoms with Crippen molar-refractivity contribution in [1.29, 1.82) is 0 Å². The van der Waals surface area contributed by atoms with E-state index in [-0.39, 0.29) is 5.95 Å². The Kier molecular flexibility index (Phi) is 2.68. The molecule has 18 heavy (non-hydrogen) atoms. The van der Waals surface area contributed by atoms with Gasteiger partial charge in [-0.05, 0) is 28.1 Å². The summed E-state index contributed by atoms with van der Waals surface area (Å²) in [6.45, 7) is 0. The molecule has 0 atom stereocenters. The van der Waals surface area contributed by atoms with Gasteiger partial charge in [0.05, 0.1) is 23.1 Å². The molecule has 3 aromatic heterocycles. The van der Waals surface area contributed by atoms with Crippen molar-refractivity contribution in [3.63, 3.8) is 0 Å². The van der Waals surface area contributed by atoms with Gasteiger partial charge in [0.25, 0.3) is 0 Å². The highest BCUT2D eigenvalue weighted by molar-refractivity contribution is 9.10. The smallest absolute Gasteiger partial charge is 0.220 e. The van der Waals surface area contributed by atoms with Gasteiger partial charge in [-0.15, -0.1) is 0 Å². The lowest BCUT2D eigenvalue weighted by Crippen LogP contribution is -1.98. The van der Waals surface area contributed by atoms with Gasteiger partial charge in [-0.25, -0.2) is 15.0 Å². The average Bonchev–Trinajstić information content (AvgIpc) is 2.75. The molecule has 7 heteroatoms. The fourth-order valence-corrected chi connectivity index (χ4v) is 2.22. The van der Waals surface area contributed by atoms with E-state index in [1.165, 1.54) is 6.20 Å². The number of aromatic nitrogens is 4. The van der Waals surface area contributed by atoms with Gasteiger partial charge in [0.15, 0.2) is 0 Å². The Labute approximate surface area is 116 Å². The van der Waals surface area contributed by atoms with Crippen molar-refractivity contribution in [1.82, 2.24) is 19.4 Å². The first kappa shape index (κ1) is 11.4. The highest BCUT2D eigenvalue weighted by Crippen LogP contribution is 2.27. The quantitative estimate of drug-likeness (QED) is 0.747. The normalized spacial score (nSPS) is 11.0. The summed E-state index contributed by atoms with van der Waals surface area (Å²) in [4.78, 5) is 12.3. The molecular formula is C11H7BrClN5. The second kappa shape index (κ2) is 4.22. The molecule has 0 unspecified atom stereocenters. The molecule has 2 N–H and O–H groups in total. The van der Waals surface area contributed by atoms with Crippen molar-refractivity contribution < 1.29 is 0 Å². The molecule has 0 aliphatic rings. The third kappa shape index (κ3) is 1.83. The zero-order valence-corrected chi connectivity index (χ0v) is 11.4. The van der Waals surface area contributed by atoms with E-state index in [1.54, 1.807) is 6.20 Å². The first-order valence-corrected chi connectivity index (χ1v) is 6.23.